The van der Waals surface area contributed by atoms with Gasteiger partial charge in [-0.3, -0.25) is 9.59 Å². The van der Waals surface area contributed by atoms with Crippen molar-refractivity contribution in [3.63, 3.8) is 0 Å². The second-order valence-electron chi connectivity index (χ2n) is 8.52. The molecular weight excluding hydrogens is 567 g/mol. The topological polar surface area (TPSA) is 34.1 Å². The first-order valence-electron chi connectivity index (χ1n) is 10.7. The molecule has 0 aliphatic heterocycles. The van der Waals surface area contributed by atoms with Gasteiger partial charge in [-0.25, -0.2) is 0 Å². The van der Waals surface area contributed by atoms with Gasteiger partial charge in [0.25, 0.3) is 0 Å². The van der Waals surface area contributed by atoms with E-state index in [-0.39, 0.29) is 9.75 Å². The van der Waals surface area contributed by atoms with Crippen LogP contribution in [0.5, 0.6) is 0 Å². The molecule has 0 radical (unpaired) electrons. The van der Waals surface area contributed by atoms with Gasteiger partial charge in [0.05, 0.1) is 11.3 Å². The fourth-order valence-electron chi connectivity index (χ4n) is 4.11. The van der Waals surface area contributed by atoms with Crippen LogP contribution in [0.1, 0.15) is 37.0 Å². The number of benzene rings is 1. The summed E-state index contributed by atoms with van der Waals surface area (Å²) < 4.78 is 128. The summed E-state index contributed by atoms with van der Waals surface area (Å²) in [7, 11) is 0. The van der Waals surface area contributed by atoms with Gasteiger partial charge in [0.1, 0.15) is 0 Å². The van der Waals surface area contributed by atoms with E-state index in [9.17, 15) is 31.5 Å². The zero-order valence-corrected chi connectivity index (χ0v) is 20.9. The molecule has 4 rings (SSSR count). The normalized spacial score (nSPS) is 18.2. The van der Waals surface area contributed by atoms with Crippen molar-refractivity contribution in [1.82, 2.24) is 0 Å². The first-order chi connectivity index (χ1) is 17.4. The van der Waals surface area contributed by atoms with Crippen molar-refractivity contribution in [2.75, 3.05) is 0 Å². The number of rotatable bonds is 6. The number of thiophene rings is 2. The number of hydrogen-bond acceptors (Lipinski definition) is 4. The van der Waals surface area contributed by atoms with E-state index in [0.29, 0.717) is 27.8 Å². The molecule has 2 heterocycles. The van der Waals surface area contributed by atoms with Crippen LogP contribution in [0.3, 0.4) is 0 Å². The lowest BCUT2D eigenvalue weighted by Crippen LogP contribution is -2.48. The van der Waals surface area contributed by atoms with E-state index in [0.717, 1.165) is 24.3 Å². The van der Waals surface area contributed by atoms with E-state index in [1.807, 2.05) is 0 Å². The summed E-state index contributed by atoms with van der Waals surface area (Å²) in [5, 5.41) is 0. The molecule has 0 fully saturated rings. The van der Waals surface area contributed by atoms with Crippen LogP contribution in [0.2, 0.25) is 0 Å². The smallest absolute Gasteiger partial charge is 0.293 e. The molecule has 2 aromatic heterocycles. The van der Waals surface area contributed by atoms with Crippen LogP contribution in [0.25, 0.3) is 21.6 Å². The average molecular weight is 583 g/mol. The molecule has 13 heteroatoms. The monoisotopic (exact) mass is 582 g/mol. The lowest BCUT2D eigenvalue weighted by molar-refractivity contribution is -0.254. The van der Waals surface area contributed by atoms with E-state index in [4.69, 9.17) is 0 Å². The maximum Gasteiger partial charge on any atom is 0.450 e. The summed E-state index contributed by atoms with van der Waals surface area (Å²) >= 11 is 1.27. The summed E-state index contributed by atoms with van der Waals surface area (Å²) in [6.07, 6.45) is -6.99. The van der Waals surface area contributed by atoms with Gasteiger partial charge >= 0.3 is 23.9 Å². The van der Waals surface area contributed by atoms with E-state index in [1.165, 1.54) is 6.92 Å². The molecule has 0 saturated carbocycles. The van der Waals surface area contributed by atoms with Gasteiger partial charge < -0.3 is 0 Å². The summed E-state index contributed by atoms with van der Waals surface area (Å²) in [6.45, 7) is 2.38. The molecule has 2 nitrogen and oxygen atoms in total. The maximum absolute atomic E-state index is 15.2. The van der Waals surface area contributed by atoms with E-state index >= 15 is 17.6 Å². The first-order valence-corrected chi connectivity index (χ1v) is 12.3. The summed E-state index contributed by atoms with van der Waals surface area (Å²) in [5.74, 6) is -20.4. The van der Waals surface area contributed by atoms with Gasteiger partial charge in [0.2, 0.25) is 5.78 Å². The Balaban J connectivity index is 1.92. The third kappa shape index (κ3) is 4.29. The van der Waals surface area contributed by atoms with Gasteiger partial charge in [0.15, 0.2) is 5.78 Å². The van der Waals surface area contributed by atoms with Crippen molar-refractivity contribution in [2.24, 2.45) is 0 Å². The summed E-state index contributed by atoms with van der Waals surface area (Å²) in [6, 6.07) is 9.85. The maximum atomic E-state index is 15.2. The van der Waals surface area contributed by atoms with Crippen LogP contribution in [0.4, 0.5) is 39.5 Å². The average Bonchev–Trinajstić information content (AvgIpc) is 3.41. The molecule has 0 spiro atoms. The molecule has 38 heavy (non-hydrogen) atoms. The quantitative estimate of drug-likeness (QED) is 0.166. The zero-order chi connectivity index (χ0) is 28.4. The Morgan fingerprint density at radius 1 is 0.789 bits per heavy atom. The van der Waals surface area contributed by atoms with E-state index in [1.54, 1.807) is 30.3 Å². The number of carbonyl (C=O) groups is 2. The predicted molar refractivity (Wildman–Crippen MR) is 125 cm³/mol. The molecular formula is C25H15F9O2S2. The minimum absolute atomic E-state index is 0.0458. The Bertz CT molecular complexity index is 1460. The Morgan fingerprint density at radius 3 is 1.82 bits per heavy atom. The minimum atomic E-state index is -5.85. The molecule has 0 saturated heterocycles. The van der Waals surface area contributed by atoms with Crippen molar-refractivity contribution in [2.45, 2.75) is 44.2 Å². The van der Waals surface area contributed by atoms with Crippen molar-refractivity contribution in [3.05, 3.63) is 68.2 Å². The Morgan fingerprint density at radius 2 is 1.29 bits per heavy atom. The lowest BCUT2D eigenvalue weighted by Gasteiger charge is -2.25. The number of halogens is 9. The van der Waals surface area contributed by atoms with Gasteiger partial charge in [-0.15, -0.1) is 22.7 Å². The Labute approximate surface area is 217 Å². The number of carbonyl (C=O) groups excluding carboxylic acids is 2. The van der Waals surface area contributed by atoms with Crippen molar-refractivity contribution in [3.8, 4) is 10.4 Å². The predicted octanol–water partition coefficient (Wildman–Crippen LogP) is 8.63. The third-order valence-electron chi connectivity index (χ3n) is 6.01. The van der Waals surface area contributed by atoms with E-state index in [2.05, 4.69) is 0 Å². The lowest BCUT2D eigenvalue weighted by atomic mass is 9.94. The number of allylic oxidation sites excluding steroid dienone is 2. The Kier molecular flexibility index (Phi) is 6.71. The zero-order valence-electron chi connectivity index (χ0n) is 19.3. The number of alkyl halides is 9. The molecule has 0 amide bonds. The summed E-state index contributed by atoms with van der Waals surface area (Å²) in [5.41, 5.74) is -4.20. The first kappa shape index (κ1) is 28.1. The minimum Gasteiger partial charge on any atom is -0.293 e. The molecule has 0 bridgehead atoms. The number of Topliss-reactive ketones (excluding diaryl/α,β-unsaturated/α-hetero) is 2. The molecule has 3 aromatic rings. The number of aryl methyl sites for hydroxylation is 2. The fourth-order valence-corrected chi connectivity index (χ4v) is 6.10. The van der Waals surface area contributed by atoms with E-state index < -0.39 is 69.1 Å². The van der Waals surface area contributed by atoms with Crippen molar-refractivity contribution in [1.29, 1.82) is 0 Å². The van der Waals surface area contributed by atoms with Crippen LogP contribution < -0.4 is 0 Å². The molecule has 1 aliphatic rings. The number of hydrogen-bond donors (Lipinski definition) is 0. The highest BCUT2D eigenvalue weighted by Gasteiger charge is 2.80. The van der Waals surface area contributed by atoms with Crippen LogP contribution in [-0.2, 0) is 4.79 Å². The largest absolute Gasteiger partial charge is 0.450 e. The van der Waals surface area contributed by atoms with Crippen molar-refractivity contribution >= 4 is 45.4 Å². The molecule has 1 aromatic carbocycles. The number of ketones is 2. The SMILES string of the molecule is Cc1sc(C(=O)CC(=O)C(F)(F)F)cc1C1=C(c2cc(-c3ccccc3)sc2C)C(F)(F)C(F)(F)C1(F)F. The third-order valence-corrected chi connectivity index (χ3v) is 8.20. The molecule has 202 valence electrons. The van der Waals surface area contributed by atoms with Crippen LogP contribution in [0, 0.1) is 13.8 Å². The van der Waals surface area contributed by atoms with Gasteiger partial charge in [-0.2, -0.15) is 39.5 Å². The second kappa shape index (κ2) is 9.08. The second-order valence-corrected chi connectivity index (χ2v) is 11.0. The van der Waals surface area contributed by atoms with Crippen molar-refractivity contribution < 1.29 is 49.1 Å². The summed E-state index contributed by atoms with van der Waals surface area (Å²) in [4.78, 5) is 22.9. The van der Waals surface area contributed by atoms with Crippen LogP contribution in [-0.4, -0.2) is 35.5 Å². The standard InChI is InChI=1S/C25H15F9O2S2/c1-11-14(8-17(37-11)13-6-4-3-5-7-13)20-21(23(28,29)25(33,34)22(20,26)27)15-9-18(38-12(15)2)16(35)10-19(36)24(30,31)32/h3-9H,10H2,1-2H3. The molecule has 0 N–H and O–H groups in total. The molecule has 1 aliphatic carbocycles. The van der Waals surface area contributed by atoms with Crippen LogP contribution >= 0.6 is 22.7 Å². The Hall–Kier alpha value is -2.93. The van der Waals surface area contributed by atoms with Gasteiger partial charge in [0, 0.05) is 25.8 Å². The highest BCUT2D eigenvalue weighted by atomic mass is 32.1. The van der Waals surface area contributed by atoms with Gasteiger partial charge in [-0.05, 0) is 42.7 Å². The van der Waals surface area contributed by atoms with Crippen LogP contribution in [0.15, 0.2) is 42.5 Å². The molecule has 0 unspecified atom stereocenters. The van der Waals surface area contributed by atoms with Gasteiger partial charge in [-0.1, -0.05) is 30.3 Å². The fraction of sp³-hybridized carbons (Fsp3) is 0.280. The highest BCUT2D eigenvalue weighted by molar-refractivity contribution is 7.15. The molecule has 0 atom stereocenters. The highest BCUT2D eigenvalue weighted by Crippen LogP contribution is 2.66.